The second-order valence-corrected chi connectivity index (χ2v) is 3.86. The van der Waals surface area contributed by atoms with Crippen molar-refractivity contribution in [2.45, 2.75) is 19.9 Å². The summed E-state index contributed by atoms with van der Waals surface area (Å²) in [6.07, 6.45) is 1.54. The summed E-state index contributed by atoms with van der Waals surface area (Å²) >= 11 is 5.77. The summed E-state index contributed by atoms with van der Waals surface area (Å²) in [6.45, 7) is 3.87. The summed E-state index contributed by atoms with van der Waals surface area (Å²) in [5.74, 6) is 0. The zero-order chi connectivity index (χ0) is 10.3. The minimum Gasteiger partial charge on any atom is -0.304 e. The average molecular weight is 212 g/mol. The molecule has 14 heavy (non-hydrogen) atoms. The maximum absolute atomic E-state index is 11.5. The van der Waals surface area contributed by atoms with Gasteiger partial charge in [-0.05, 0) is 19.9 Å². The molecule has 0 amide bonds. The molecule has 5 heteroatoms. The number of imidazole rings is 1. The van der Waals surface area contributed by atoms with E-state index in [4.69, 9.17) is 11.6 Å². The molecule has 2 aromatic rings. The van der Waals surface area contributed by atoms with E-state index in [1.54, 1.807) is 10.6 Å². The molecule has 0 saturated carbocycles. The van der Waals surface area contributed by atoms with Crippen LogP contribution in [-0.2, 0) is 0 Å². The van der Waals surface area contributed by atoms with E-state index < -0.39 is 0 Å². The van der Waals surface area contributed by atoms with Crippen molar-refractivity contribution < 1.29 is 0 Å². The molecule has 0 atom stereocenters. The number of halogens is 1. The summed E-state index contributed by atoms with van der Waals surface area (Å²) in [6, 6.07) is 1.79. The van der Waals surface area contributed by atoms with Crippen LogP contribution in [0.1, 0.15) is 19.9 Å². The summed E-state index contributed by atoms with van der Waals surface area (Å²) in [5.41, 5.74) is 1.18. The van der Waals surface area contributed by atoms with E-state index in [9.17, 15) is 4.79 Å². The Morgan fingerprint density at radius 1 is 1.57 bits per heavy atom. The van der Waals surface area contributed by atoms with Crippen LogP contribution >= 0.6 is 11.6 Å². The lowest BCUT2D eigenvalue weighted by atomic mass is 10.4. The topological polar surface area (TPSA) is 50.7 Å². The van der Waals surface area contributed by atoms with Gasteiger partial charge in [0.15, 0.2) is 5.65 Å². The molecule has 0 fully saturated rings. The largest absolute Gasteiger partial charge is 0.327 e. The first-order valence-corrected chi connectivity index (χ1v) is 4.73. The third-order valence-corrected chi connectivity index (χ3v) is 2.24. The van der Waals surface area contributed by atoms with Crippen molar-refractivity contribution in [2.24, 2.45) is 0 Å². The van der Waals surface area contributed by atoms with Crippen LogP contribution in [0.4, 0.5) is 0 Å². The summed E-state index contributed by atoms with van der Waals surface area (Å²) in [7, 11) is 0. The third-order valence-electron chi connectivity index (χ3n) is 2.04. The van der Waals surface area contributed by atoms with Gasteiger partial charge in [-0.3, -0.25) is 4.57 Å². The number of rotatable bonds is 1. The van der Waals surface area contributed by atoms with Crippen LogP contribution < -0.4 is 5.69 Å². The highest BCUT2D eigenvalue weighted by atomic mass is 35.5. The van der Waals surface area contributed by atoms with Gasteiger partial charge >= 0.3 is 5.69 Å². The number of nitrogens with zero attached hydrogens (tertiary/aromatic N) is 2. The lowest BCUT2D eigenvalue weighted by Gasteiger charge is -2.04. The Morgan fingerprint density at radius 3 is 2.93 bits per heavy atom. The molecule has 2 rings (SSSR count). The van der Waals surface area contributed by atoms with Crippen molar-refractivity contribution in [2.75, 3.05) is 0 Å². The molecule has 1 N–H and O–H groups in total. The fraction of sp³-hybridized carbons (Fsp3) is 0.333. The van der Waals surface area contributed by atoms with Crippen LogP contribution in [-0.4, -0.2) is 14.5 Å². The van der Waals surface area contributed by atoms with Gasteiger partial charge in [-0.25, -0.2) is 9.78 Å². The number of aromatic nitrogens is 3. The zero-order valence-corrected chi connectivity index (χ0v) is 8.67. The predicted octanol–water partition coefficient (Wildman–Crippen LogP) is 1.96. The molecule has 0 spiro atoms. The van der Waals surface area contributed by atoms with Gasteiger partial charge in [-0.2, -0.15) is 0 Å². The number of pyridine rings is 1. The fourth-order valence-electron chi connectivity index (χ4n) is 1.47. The van der Waals surface area contributed by atoms with Crippen molar-refractivity contribution in [1.82, 2.24) is 14.5 Å². The first kappa shape index (κ1) is 9.27. The average Bonchev–Trinajstić information content (AvgIpc) is 2.39. The highest BCUT2D eigenvalue weighted by Crippen LogP contribution is 2.15. The second kappa shape index (κ2) is 3.13. The molecule has 4 nitrogen and oxygen atoms in total. The molecule has 0 aliphatic rings. The normalized spacial score (nSPS) is 11.4. The number of hydrogen-bond acceptors (Lipinski definition) is 2. The first-order chi connectivity index (χ1) is 6.59. The van der Waals surface area contributed by atoms with Crippen molar-refractivity contribution in [1.29, 1.82) is 0 Å². The van der Waals surface area contributed by atoms with Gasteiger partial charge in [0.05, 0.1) is 10.5 Å². The van der Waals surface area contributed by atoms with Crippen LogP contribution in [0, 0.1) is 0 Å². The molecule has 0 bridgehead atoms. The Kier molecular flexibility index (Phi) is 2.07. The molecular formula is C9H10ClN3O. The lowest BCUT2D eigenvalue weighted by Crippen LogP contribution is -2.18. The van der Waals surface area contributed by atoms with E-state index in [1.165, 1.54) is 6.20 Å². The van der Waals surface area contributed by atoms with Crippen molar-refractivity contribution >= 4 is 22.8 Å². The van der Waals surface area contributed by atoms with Crippen LogP contribution in [0.3, 0.4) is 0 Å². The standard InChI is InChI=1S/C9H10ClN3O/c1-5(2)13-8-7(12-9(13)14)3-6(10)4-11-8/h3-5H,1-2H3,(H,12,14). The first-order valence-electron chi connectivity index (χ1n) is 4.35. The second-order valence-electron chi connectivity index (χ2n) is 3.42. The Morgan fingerprint density at radius 2 is 2.29 bits per heavy atom. The van der Waals surface area contributed by atoms with E-state index in [0.717, 1.165) is 0 Å². The molecule has 2 aromatic heterocycles. The molecule has 0 aliphatic carbocycles. The fourth-order valence-corrected chi connectivity index (χ4v) is 1.62. The molecule has 0 aromatic carbocycles. The summed E-state index contributed by atoms with van der Waals surface area (Å²) in [5, 5.41) is 0.523. The summed E-state index contributed by atoms with van der Waals surface area (Å²) < 4.78 is 1.60. The molecule has 2 heterocycles. The highest BCUT2D eigenvalue weighted by molar-refractivity contribution is 6.30. The van der Waals surface area contributed by atoms with Crippen molar-refractivity contribution in [3.8, 4) is 0 Å². The molecule has 0 saturated heterocycles. The number of H-pyrrole nitrogens is 1. The van der Waals surface area contributed by atoms with Crippen LogP contribution in [0.2, 0.25) is 5.02 Å². The third kappa shape index (κ3) is 1.32. The smallest absolute Gasteiger partial charge is 0.304 e. The van der Waals surface area contributed by atoms with Crippen LogP contribution in [0.15, 0.2) is 17.1 Å². The molecule has 74 valence electrons. The Hall–Kier alpha value is -1.29. The van der Waals surface area contributed by atoms with Crippen molar-refractivity contribution in [3.63, 3.8) is 0 Å². The van der Waals surface area contributed by atoms with Gasteiger partial charge < -0.3 is 4.98 Å². The molecule has 0 unspecified atom stereocenters. The van der Waals surface area contributed by atoms with E-state index in [1.807, 2.05) is 13.8 Å². The number of hydrogen-bond donors (Lipinski definition) is 1. The van der Waals surface area contributed by atoms with Crippen molar-refractivity contribution in [3.05, 3.63) is 27.8 Å². The molecular weight excluding hydrogens is 202 g/mol. The lowest BCUT2D eigenvalue weighted by molar-refractivity contribution is 0.593. The number of nitrogens with one attached hydrogen (secondary N) is 1. The number of aromatic amines is 1. The quantitative estimate of drug-likeness (QED) is 0.784. The van der Waals surface area contributed by atoms with Gasteiger partial charge in [-0.1, -0.05) is 11.6 Å². The SMILES string of the molecule is CC(C)n1c(=O)[nH]c2cc(Cl)cnc21. The van der Waals surface area contributed by atoms with Gasteiger partial charge in [0.2, 0.25) is 0 Å². The monoisotopic (exact) mass is 211 g/mol. The Bertz CT molecular complexity index is 526. The van der Waals surface area contributed by atoms with Crippen LogP contribution in [0.5, 0.6) is 0 Å². The molecule has 0 aliphatic heterocycles. The minimum atomic E-state index is -0.148. The van der Waals surface area contributed by atoms with E-state index in [-0.39, 0.29) is 11.7 Å². The van der Waals surface area contributed by atoms with E-state index in [0.29, 0.717) is 16.2 Å². The predicted molar refractivity (Wildman–Crippen MR) is 55.7 cm³/mol. The summed E-state index contributed by atoms with van der Waals surface area (Å²) in [4.78, 5) is 18.3. The Balaban J connectivity index is 2.84. The zero-order valence-electron chi connectivity index (χ0n) is 7.91. The highest BCUT2D eigenvalue weighted by Gasteiger charge is 2.10. The maximum atomic E-state index is 11.5. The number of fused-ring (bicyclic) bond motifs is 1. The molecule has 0 radical (unpaired) electrons. The van der Waals surface area contributed by atoms with E-state index in [2.05, 4.69) is 9.97 Å². The van der Waals surface area contributed by atoms with Gasteiger partial charge in [-0.15, -0.1) is 0 Å². The van der Waals surface area contributed by atoms with Gasteiger partial charge in [0.1, 0.15) is 0 Å². The Labute approximate surface area is 85.5 Å². The maximum Gasteiger partial charge on any atom is 0.327 e. The van der Waals surface area contributed by atoms with E-state index >= 15 is 0 Å². The van der Waals surface area contributed by atoms with Crippen LogP contribution in [0.25, 0.3) is 11.2 Å². The van der Waals surface area contributed by atoms with Gasteiger partial charge in [0.25, 0.3) is 0 Å². The van der Waals surface area contributed by atoms with Gasteiger partial charge in [0, 0.05) is 12.2 Å². The minimum absolute atomic E-state index is 0.0879.